The molecule has 0 saturated carbocycles. The molecule has 1 nitrogen and oxygen atoms in total. The van der Waals surface area contributed by atoms with Crippen LogP contribution >= 0.6 is 0 Å². The molecule has 53 valence electrons. The van der Waals surface area contributed by atoms with E-state index in [1.54, 1.807) is 6.08 Å². The van der Waals surface area contributed by atoms with E-state index >= 15 is 0 Å². The van der Waals surface area contributed by atoms with Gasteiger partial charge in [0, 0.05) is 12.3 Å². The van der Waals surface area contributed by atoms with Crippen LogP contribution in [0, 0.1) is 12.0 Å². The standard InChI is InChI=1S/C9H11O/c1-3-4-8-7(2)5-6-9(8)10/h3,8H,1,4,6H2,2H3/t8-/m0/s1. The molecule has 0 heterocycles. The first-order valence-corrected chi connectivity index (χ1v) is 3.46. The second-order valence-electron chi connectivity index (χ2n) is 2.58. The van der Waals surface area contributed by atoms with E-state index in [0.29, 0.717) is 6.42 Å². The molecule has 0 unspecified atom stereocenters. The fraction of sp³-hybridized carbons (Fsp3) is 0.444. The Bertz CT molecular complexity index is 189. The highest BCUT2D eigenvalue weighted by Gasteiger charge is 2.22. The quantitative estimate of drug-likeness (QED) is 0.528. The third-order valence-electron chi connectivity index (χ3n) is 1.86. The molecule has 1 atom stereocenters. The van der Waals surface area contributed by atoms with Crippen molar-refractivity contribution in [1.29, 1.82) is 0 Å². The number of ketones is 1. The zero-order chi connectivity index (χ0) is 7.56. The number of hydrogen-bond donors (Lipinski definition) is 0. The Balaban J connectivity index is 2.64. The number of carbonyl (C=O) groups is 1. The Morgan fingerprint density at radius 2 is 2.60 bits per heavy atom. The van der Waals surface area contributed by atoms with Gasteiger partial charge in [-0.25, -0.2) is 0 Å². The molecule has 0 aliphatic heterocycles. The van der Waals surface area contributed by atoms with Crippen LogP contribution in [0.1, 0.15) is 19.8 Å². The minimum Gasteiger partial charge on any atom is -0.299 e. The highest BCUT2D eigenvalue weighted by molar-refractivity contribution is 5.87. The highest BCUT2D eigenvalue weighted by Crippen LogP contribution is 2.24. The second-order valence-corrected chi connectivity index (χ2v) is 2.58. The van der Waals surface area contributed by atoms with Gasteiger partial charge in [0.15, 0.2) is 0 Å². The summed E-state index contributed by atoms with van der Waals surface area (Å²) in [5, 5.41) is 0. The summed E-state index contributed by atoms with van der Waals surface area (Å²) in [5.74, 6) is 0.384. The Morgan fingerprint density at radius 3 is 3.00 bits per heavy atom. The summed E-state index contributed by atoms with van der Waals surface area (Å²) in [6.45, 7) is 5.56. The van der Waals surface area contributed by atoms with Crippen molar-refractivity contribution in [3.63, 3.8) is 0 Å². The predicted molar refractivity (Wildman–Crippen MR) is 40.4 cm³/mol. The molecule has 0 N–H and O–H groups in total. The summed E-state index contributed by atoms with van der Waals surface area (Å²) in [4.78, 5) is 11.0. The van der Waals surface area contributed by atoms with Gasteiger partial charge in [-0.1, -0.05) is 11.6 Å². The predicted octanol–water partition coefficient (Wildman–Crippen LogP) is 1.90. The molecule has 1 aliphatic rings. The summed E-state index contributed by atoms with van der Waals surface area (Å²) in [6, 6.07) is 0. The van der Waals surface area contributed by atoms with Gasteiger partial charge in [0.1, 0.15) is 5.78 Å². The monoisotopic (exact) mass is 135 g/mol. The average molecular weight is 135 g/mol. The molecule has 0 saturated heterocycles. The maximum Gasteiger partial charge on any atom is 0.144 e. The fourth-order valence-electron chi connectivity index (χ4n) is 1.19. The van der Waals surface area contributed by atoms with Gasteiger partial charge in [-0.15, -0.1) is 6.58 Å². The van der Waals surface area contributed by atoms with Crippen LogP contribution in [0.2, 0.25) is 0 Å². The van der Waals surface area contributed by atoms with Crippen LogP contribution in [-0.2, 0) is 4.79 Å². The lowest BCUT2D eigenvalue weighted by Crippen LogP contribution is -2.07. The van der Waals surface area contributed by atoms with Gasteiger partial charge >= 0.3 is 0 Å². The van der Waals surface area contributed by atoms with Gasteiger partial charge in [-0.05, 0) is 19.4 Å². The molecule has 1 rings (SSSR count). The summed E-state index contributed by atoms with van der Waals surface area (Å²) in [7, 11) is 0. The van der Waals surface area contributed by atoms with E-state index in [1.807, 2.05) is 6.92 Å². The molecule has 10 heavy (non-hydrogen) atoms. The molecular formula is C9H11O. The third-order valence-corrected chi connectivity index (χ3v) is 1.86. The number of allylic oxidation sites excluding steroid dienone is 3. The summed E-state index contributed by atoms with van der Waals surface area (Å²) in [6.07, 6.45) is 6.09. The zero-order valence-corrected chi connectivity index (χ0v) is 6.18. The maximum absolute atomic E-state index is 11.0. The highest BCUT2D eigenvalue weighted by atomic mass is 16.1. The molecule has 1 radical (unpaired) electrons. The van der Waals surface area contributed by atoms with Crippen LogP contribution in [0.25, 0.3) is 0 Å². The van der Waals surface area contributed by atoms with Crippen molar-refractivity contribution in [3.05, 3.63) is 24.3 Å². The van der Waals surface area contributed by atoms with Crippen LogP contribution < -0.4 is 0 Å². The van der Waals surface area contributed by atoms with E-state index in [4.69, 9.17) is 0 Å². The number of carbonyl (C=O) groups excluding carboxylic acids is 1. The SMILES string of the molecule is C=CC[C@@H]1C(=O)C[C]=C1C. The normalized spacial score (nSPS) is 24.7. The molecule has 0 spiro atoms. The van der Waals surface area contributed by atoms with Crippen molar-refractivity contribution in [3.8, 4) is 0 Å². The Labute approximate surface area is 61.4 Å². The first-order chi connectivity index (χ1) is 4.75. The van der Waals surface area contributed by atoms with E-state index in [9.17, 15) is 4.79 Å². The fourth-order valence-corrected chi connectivity index (χ4v) is 1.19. The molecule has 1 heteroatoms. The van der Waals surface area contributed by atoms with Crippen molar-refractivity contribution < 1.29 is 4.79 Å². The van der Waals surface area contributed by atoms with E-state index in [1.165, 1.54) is 0 Å². The van der Waals surface area contributed by atoms with Crippen molar-refractivity contribution >= 4 is 5.78 Å². The van der Waals surface area contributed by atoms with E-state index < -0.39 is 0 Å². The summed E-state index contributed by atoms with van der Waals surface area (Å²) >= 11 is 0. The molecular weight excluding hydrogens is 124 g/mol. The smallest absolute Gasteiger partial charge is 0.144 e. The van der Waals surface area contributed by atoms with Crippen LogP contribution in [0.5, 0.6) is 0 Å². The Hall–Kier alpha value is -0.850. The molecule has 0 fully saturated rings. The van der Waals surface area contributed by atoms with Gasteiger partial charge in [-0.2, -0.15) is 0 Å². The minimum absolute atomic E-state index is 0.0949. The zero-order valence-electron chi connectivity index (χ0n) is 6.18. The lowest BCUT2D eigenvalue weighted by Gasteiger charge is -2.05. The van der Waals surface area contributed by atoms with Crippen molar-refractivity contribution in [2.24, 2.45) is 5.92 Å². The van der Waals surface area contributed by atoms with E-state index in [2.05, 4.69) is 12.7 Å². The van der Waals surface area contributed by atoms with E-state index in [-0.39, 0.29) is 11.7 Å². The van der Waals surface area contributed by atoms with Crippen molar-refractivity contribution in [2.45, 2.75) is 19.8 Å². The molecule has 0 aromatic carbocycles. The van der Waals surface area contributed by atoms with Gasteiger partial charge < -0.3 is 0 Å². The van der Waals surface area contributed by atoms with Crippen LogP contribution in [0.15, 0.2) is 18.2 Å². The summed E-state index contributed by atoms with van der Waals surface area (Å²) in [5.41, 5.74) is 1.09. The first-order valence-electron chi connectivity index (χ1n) is 3.46. The number of hydrogen-bond acceptors (Lipinski definition) is 1. The summed E-state index contributed by atoms with van der Waals surface area (Å²) < 4.78 is 0. The van der Waals surface area contributed by atoms with Gasteiger partial charge in [-0.3, -0.25) is 4.79 Å². The number of Topliss-reactive ketones (excluding diaryl/α,β-unsaturated/α-hetero) is 1. The second kappa shape index (κ2) is 2.82. The largest absolute Gasteiger partial charge is 0.299 e. The maximum atomic E-state index is 11.0. The van der Waals surface area contributed by atoms with Gasteiger partial charge in [0.2, 0.25) is 0 Å². The van der Waals surface area contributed by atoms with Crippen LogP contribution in [0.3, 0.4) is 0 Å². The molecule has 0 amide bonds. The van der Waals surface area contributed by atoms with Crippen molar-refractivity contribution in [1.82, 2.24) is 0 Å². The lowest BCUT2D eigenvalue weighted by atomic mass is 9.98. The van der Waals surface area contributed by atoms with Crippen LogP contribution in [-0.4, -0.2) is 5.78 Å². The number of rotatable bonds is 2. The van der Waals surface area contributed by atoms with Gasteiger partial charge in [0.05, 0.1) is 0 Å². The topological polar surface area (TPSA) is 17.1 Å². The minimum atomic E-state index is 0.0949. The first kappa shape index (κ1) is 7.26. The van der Waals surface area contributed by atoms with Crippen LogP contribution in [0.4, 0.5) is 0 Å². The lowest BCUT2D eigenvalue weighted by molar-refractivity contribution is -0.120. The van der Waals surface area contributed by atoms with Gasteiger partial charge in [0.25, 0.3) is 0 Å². The molecule has 0 aromatic rings. The third kappa shape index (κ3) is 1.18. The molecule has 1 aliphatic carbocycles. The molecule has 0 aromatic heterocycles. The Morgan fingerprint density at radius 1 is 1.90 bits per heavy atom. The van der Waals surface area contributed by atoms with E-state index in [0.717, 1.165) is 12.0 Å². The Kier molecular flexibility index (Phi) is 2.05. The van der Waals surface area contributed by atoms with Crippen molar-refractivity contribution in [2.75, 3.05) is 0 Å². The molecule has 0 bridgehead atoms. The average Bonchev–Trinajstić information content (AvgIpc) is 2.20.